The zero-order valence-electron chi connectivity index (χ0n) is 7.15. The molecule has 5 heteroatoms. The quantitative estimate of drug-likeness (QED) is 0.671. The highest BCUT2D eigenvalue weighted by Crippen LogP contribution is 2.15. The summed E-state index contributed by atoms with van der Waals surface area (Å²) in [6.07, 6.45) is 0.957. The van der Waals surface area contributed by atoms with E-state index in [-0.39, 0.29) is 6.04 Å². The lowest BCUT2D eigenvalue weighted by molar-refractivity contribution is 0.562. The lowest BCUT2D eigenvalue weighted by Crippen LogP contribution is -2.27. The highest BCUT2D eigenvalue weighted by molar-refractivity contribution is 5.38. The number of nitrogens with two attached hydrogens (primary N) is 1. The van der Waals surface area contributed by atoms with Gasteiger partial charge in [-0.05, 0) is 18.6 Å². The van der Waals surface area contributed by atoms with Crippen LogP contribution < -0.4 is 10.6 Å². The molecular weight excluding hydrogens is 171 g/mol. The van der Waals surface area contributed by atoms with Gasteiger partial charge >= 0.3 is 0 Å². The summed E-state index contributed by atoms with van der Waals surface area (Å²) in [4.78, 5) is 2.01. The van der Waals surface area contributed by atoms with Crippen molar-refractivity contribution in [2.75, 3.05) is 18.0 Å². The molecule has 0 amide bonds. The van der Waals surface area contributed by atoms with Crippen molar-refractivity contribution in [1.29, 1.82) is 0 Å². The predicted octanol–water partition coefficient (Wildman–Crippen LogP) is 0.153. The Hall–Kier alpha value is -1.23. The summed E-state index contributed by atoms with van der Waals surface area (Å²) in [6.45, 7) is 1.65. The third kappa shape index (κ3) is 1.75. The van der Waals surface area contributed by atoms with Crippen LogP contribution in [0.4, 0.5) is 10.2 Å². The van der Waals surface area contributed by atoms with E-state index >= 15 is 0 Å². The Balaban J connectivity index is 2.13. The summed E-state index contributed by atoms with van der Waals surface area (Å²) in [5.74, 6) is 0.154. The molecule has 0 spiro atoms. The van der Waals surface area contributed by atoms with Crippen molar-refractivity contribution in [3.05, 3.63) is 18.1 Å². The maximum Gasteiger partial charge on any atom is 0.233 e. The van der Waals surface area contributed by atoms with Crippen molar-refractivity contribution in [3.63, 3.8) is 0 Å². The van der Waals surface area contributed by atoms with Crippen molar-refractivity contribution >= 4 is 5.82 Å². The van der Waals surface area contributed by atoms with Gasteiger partial charge in [-0.25, -0.2) is 0 Å². The SMILES string of the molecule is N[C@@H]1CCN(c2ccc(F)nn2)C1. The number of hydrogen-bond donors (Lipinski definition) is 1. The molecule has 4 nitrogen and oxygen atoms in total. The van der Waals surface area contributed by atoms with Crippen LogP contribution in [0.3, 0.4) is 0 Å². The van der Waals surface area contributed by atoms with E-state index in [1.165, 1.54) is 6.07 Å². The molecule has 1 aliphatic heterocycles. The third-order valence-electron chi connectivity index (χ3n) is 2.17. The average molecular weight is 182 g/mol. The van der Waals surface area contributed by atoms with Crippen molar-refractivity contribution in [2.24, 2.45) is 5.73 Å². The molecule has 0 aromatic carbocycles. The predicted molar refractivity (Wildman–Crippen MR) is 46.8 cm³/mol. The van der Waals surface area contributed by atoms with Gasteiger partial charge in [-0.3, -0.25) is 0 Å². The lowest BCUT2D eigenvalue weighted by Gasteiger charge is -2.15. The Labute approximate surface area is 75.6 Å². The Morgan fingerprint density at radius 2 is 2.31 bits per heavy atom. The summed E-state index contributed by atoms with van der Waals surface area (Å²) in [6, 6.07) is 3.14. The minimum Gasteiger partial charge on any atom is -0.354 e. The molecule has 2 heterocycles. The molecule has 1 atom stereocenters. The first kappa shape index (κ1) is 8.37. The molecule has 0 unspecified atom stereocenters. The van der Waals surface area contributed by atoms with Gasteiger partial charge in [0, 0.05) is 19.1 Å². The van der Waals surface area contributed by atoms with Crippen LogP contribution >= 0.6 is 0 Å². The summed E-state index contributed by atoms with van der Waals surface area (Å²) >= 11 is 0. The number of anilines is 1. The fourth-order valence-corrected chi connectivity index (χ4v) is 1.47. The molecule has 0 bridgehead atoms. The minimum atomic E-state index is -0.549. The lowest BCUT2D eigenvalue weighted by atomic mass is 10.3. The zero-order chi connectivity index (χ0) is 9.26. The van der Waals surface area contributed by atoms with Crippen molar-refractivity contribution in [2.45, 2.75) is 12.5 Å². The van der Waals surface area contributed by atoms with Gasteiger partial charge in [0.1, 0.15) is 0 Å². The van der Waals surface area contributed by atoms with E-state index in [4.69, 9.17) is 5.73 Å². The van der Waals surface area contributed by atoms with Crippen molar-refractivity contribution in [3.8, 4) is 0 Å². The molecule has 0 radical (unpaired) electrons. The Bertz CT molecular complexity index is 287. The van der Waals surface area contributed by atoms with Gasteiger partial charge in [-0.1, -0.05) is 0 Å². The van der Waals surface area contributed by atoms with Gasteiger partial charge < -0.3 is 10.6 Å². The number of hydrogen-bond acceptors (Lipinski definition) is 4. The van der Waals surface area contributed by atoms with E-state index < -0.39 is 5.95 Å². The van der Waals surface area contributed by atoms with Crippen LogP contribution in [-0.2, 0) is 0 Å². The average Bonchev–Trinajstić information content (AvgIpc) is 2.53. The summed E-state index contributed by atoms with van der Waals surface area (Å²) in [5, 5.41) is 7.09. The number of halogens is 1. The topological polar surface area (TPSA) is 55.0 Å². The van der Waals surface area contributed by atoms with Crippen LogP contribution in [0.2, 0.25) is 0 Å². The van der Waals surface area contributed by atoms with Gasteiger partial charge in [0.2, 0.25) is 5.95 Å². The Morgan fingerprint density at radius 3 is 2.85 bits per heavy atom. The molecule has 70 valence electrons. The molecule has 2 N–H and O–H groups in total. The first-order valence-corrected chi connectivity index (χ1v) is 4.25. The maximum absolute atomic E-state index is 12.4. The normalized spacial score (nSPS) is 22.3. The number of nitrogens with zero attached hydrogens (tertiary/aromatic N) is 3. The summed E-state index contributed by atoms with van der Waals surface area (Å²) in [5.41, 5.74) is 5.73. The van der Waals surface area contributed by atoms with Crippen LogP contribution in [0, 0.1) is 5.95 Å². The van der Waals surface area contributed by atoms with Crippen LogP contribution in [-0.4, -0.2) is 29.3 Å². The molecule has 1 fully saturated rings. The fraction of sp³-hybridized carbons (Fsp3) is 0.500. The van der Waals surface area contributed by atoms with Crippen LogP contribution in [0.1, 0.15) is 6.42 Å². The van der Waals surface area contributed by atoms with Crippen LogP contribution in [0.5, 0.6) is 0 Å². The van der Waals surface area contributed by atoms with E-state index in [9.17, 15) is 4.39 Å². The molecule has 1 aromatic rings. The van der Waals surface area contributed by atoms with Crippen molar-refractivity contribution < 1.29 is 4.39 Å². The number of rotatable bonds is 1. The first-order chi connectivity index (χ1) is 6.25. The Kier molecular flexibility index (Phi) is 2.10. The van der Waals surface area contributed by atoms with Gasteiger partial charge in [-0.2, -0.15) is 4.39 Å². The summed E-state index contributed by atoms with van der Waals surface area (Å²) in [7, 11) is 0. The molecule has 0 aliphatic carbocycles. The Morgan fingerprint density at radius 1 is 1.46 bits per heavy atom. The maximum atomic E-state index is 12.4. The van der Waals surface area contributed by atoms with Gasteiger partial charge in [0.25, 0.3) is 0 Å². The molecule has 13 heavy (non-hydrogen) atoms. The minimum absolute atomic E-state index is 0.201. The second kappa shape index (κ2) is 3.26. The number of aromatic nitrogens is 2. The molecule has 1 saturated heterocycles. The van der Waals surface area contributed by atoms with E-state index in [0.717, 1.165) is 19.5 Å². The smallest absolute Gasteiger partial charge is 0.233 e. The largest absolute Gasteiger partial charge is 0.354 e. The van der Waals surface area contributed by atoms with E-state index in [1.54, 1.807) is 6.07 Å². The fourth-order valence-electron chi connectivity index (χ4n) is 1.47. The highest BCUT2D eigenvalue weighted by Gasteiger charge is 2.20. The first-order valence-electron chi connectivity index (χ1n) is 4.25. The van der Waals surface area contributed by atoms with Crippen molar-refractivity contribution in [1.82, 2.24) is 10.2 Å². The van der Waals surface area contributed by atoms with E-state index in [1.807, 2.05) is 4.90 Å². The van der Waals surface area contributed by atoms with E-state index in [2.05, 4.69) is 10.2 Å². The van der Waals surface area contributed by atoms with Crippen LogP contribution in [0.15, 0.2) is 12.1 Å². The van der Waals surface area contributed by atoms with Gasteiger partial charge in [0.05, 0.1) is 0 Å². The molecule has 0 saturated carbocycles. The molecule has 2 rings (SSSR count). The third-order valence-corrected chi connectivity index (χ3v) is 2.17. The molecule has 1 aliphatic rings. The second-order valence-electron chi connectivity index (χ2n) is 3.21. The monoisotopic (exact) mass is 182 g/mol. The summed E-state index contributed by atoms with van der Waals surface area (Å²) < 4.78 is 12.4. The molecular formula is C8H11FN4. The van der Waals surface area contributed by atoms with Gasteiger partial charge in [0.15, 0.2) is 5.82 Å². The van der Waals surface area contributed by atoms with E-state index in [0.29, 0.717) is 5.82 Å². The zero-order valence-corrected chi connectivity index (χ0v) is 7.15. The molecule has 1 aromatic heterocycles. The standard InChI is InChI=1S/C8H11FN4/c9-7-1-2-8(12-11-7)13-4-3-6(10)5-13/h1-2,6H,3-5,10H2/t6-/m1/s1. The van der Waals surface area contributed by atoms with Crippen LogP contribution in [0.25, 0.3) is 0 Å². The second-order valence-corrected chi connectivity index (χ2v) is 3.21. The highest BCUT2D eigenvalue weighted by atomic mass is 19.1. The van der Waals surface area contributed by atoms with Gasteiger partial charge in [-0.15, -0.1) is 10.2 Å².